The minimum atomic E-state index is -0.280. The summed E-state index contributed by atoms with van der Waals surface area (Å²) < 4.78 is 5.17. The summed E-state index contributed by atoms with van der Waals surface area (Å²) in [5.74, 6) is 0.822. The Balaban J connectivity index is 1.18. The van der Waals surface area contributed by atoms with E-state index >= 15 is 0 Å². The van der Waals surface area contributed by atoms with Crippen LogP contribution in [0.5, 0.6) is 0 Å². The van der Waals surface area contributed by atoms with Gasteiger partial charge in [0.05, 0.1) is 18.5 Å². The highest BCUT2D eigenvalue weighted by Crippen LogP contribution is 2.37. The summed E-state index contributed by atoms with van der Waals surface area (Å²) in [4.78, 5) is 37.1. The minimum Gasteiger partial charge on any atom is -0.450 e. The number of thiophene rings is 1. The van der Waals surface area contributed by atoms with Crippen LogP contribution in [0.2, 0.25) is 0 Å². The average Bonchev–Trinajstić information content (AvgIpc) is 3.29. The van der Waals surface area contributed by atoms with Crippen molar-refractivity contribution < 1.29 is 14.3 Å². The molecule has 9 nitrogen and oxygen atoms in total. The molecular formula is C27H28N6O3S. The number of carbonyl (C=O) groups excluding carboxylic acids is 2. The molecule has 0 bridgehead atoms. The second-order valence-corrected chi connectivity index (χ2v) is 9.68. The van der Waals surface area contributed by atoms with Crippen LogP contribution in [-0.2, 0) is 24.1 Å². The van der Waals surface area contributed by atoms with Gasteiger partial charge < -0.3 is 25.6 Å². The van der Waals surface area contributed by atoms with Crippen molar-refractivity contribution in [3.05, 3.63) is 76.9 Å². The maximum Gasteiger partial charge on any atom is 0.410 e. The zero-order chi connectivity index (χ0) is 25.6. The van der Waals surface area contributed by atoms with Gasteiger partial charge in [0.25, 0.3) is 0 Å². The molecule has 0 saturated carbocycles. The number of carbonyl (C=O) groups is 2. The van der Waals surface area contributed by atoms with Crippen LogP contribution in [0.25, 0.3) is 10.2 Å². The lowest BCUT2D eigenvalue weighted by Gasteiger charge is -2.26. The molecule has 0 aliphatic carbocycles. The Labute approximate surface area is 218 Å². The number of hydrogen-bond donors (Lipinski definition) is 3. The summed E-state index contributed by atoms with van der Waals surface area (Å²) in [6.45, 7) is 4.05. The topological polar surface area (TPSA) is 108 Å². The molecule has 0 spiro atoms. The first-order valence-electron chi connectivity index (χ1n) is 12.2. The minimum absolute atomic E-state index is 0.270. The summed E-state index contributed by atoms with van der Waals surface area (Å²) in [5.41, 5.74) is 3.83. The smallest absolute Gasteiger partial charge is 0.410 e. The number of ether oxygens (including phenoxy) is 1. The Bertz CT molecular complexity index is 1390. The standard InChI is InChI=1S/C27H28N6O3S/c1-2-36-27(35)33-15-13-21-22(16-33)37-25-23(21)24(29-17-30-25)28-14-12-18-8-10-20(11-9-18)32-26(34)31-19-6-4-3-5-7-19/h3-11,17H,2,12-16H2,1H3,(H,28,29,30)(H2,31,32,34). The van der Waals surface area contributed by atoms with Crippen LogP contribution in [0.15, 0.2) is 60.9 Å². The fourth-order valence-electron chi connectivity index (χ4n) is 4.33. The van der Waals surface area contributed by atoms with Gasteiger partial charge in [-0.1, -0.05) is 30.3 Å². The van der Waals surface area contributed by atoms with Crippen LogP contribution in [0.4, 0.5) is 26.8 Å². The van der Waals surface area contributed by atoms with Gasteiger partial charge >= 0.3 is 12.1 Å². The first-order chi connectivity index (χ1) is 18.1. The Hall–Kier alpha value is -4.18. The molecule has 3 amide bonds. The molecule has 10 heteroatoms. The van der Waals surface area contributed by atoms with Crippen LogP contribution < -0.4 is 16.0 Å². The molecule has 4 aromatic rings. The van der Waals surface area contributed by atoms with E-state index in [0.717, 1.165) is 50.7 Å². The fraction of sp³-hybridized carbons (Fsp3) is 0.259. The number of nitrogens with one attached hydrogen (secondary N) is 3. The van der Waals surface area contributed by atoms with E-state index in [1.807, 2.05) is 61.5 Å². The maximum atomic E-state index is 12.2. The molecule has 2 aromatic heterocycles. The lowest BCUT2D eigenvalue weighted by Crippen LogP contribution is -2.35. The van der Waals surface area contributed by atoms with Gasteiger partial charge in [0.2, 0.25) is 0 Å². The van der Waals surface area contributed by atoms with Crippen molar-refractivity contribution in [1.82, 2.24) is 14.9 Å². The molecule has 0 unspecified atom stereocenters. The van der Waals surface area contributed by atoms with Crippen LogP contribution in [0.3, 0.4) is 0 Å². The summed E-state index contributed by atoms with van der Waals surface area (Å²) in [7, 11) is 0. The van der Waals surface area contributed by atoms with Crippen LogP contribution in [-0.4, -0.2) is 46.7 Å². The zero-order valence-electron chi connectivity index (χ0n) is 20.5. The highest BCUT2D eigenvalue weighted by molar-refractivity contribution is 7.19. The van der Waals surface area contributed by atoms with Crippen LogP contribution in [0, 0.1) is 0 Å². The Morgan fingerprint density at radius 2 is 1.78 bits per heavy atom. The monoisotopic (exact) mass is 516 g/mol. The third-order valence-electron chi connectivity index (χ3n) is 6.11. The maximum absolute atomic E-state index is 12.2. The van der Waals surface area contributed by atoms with Gasteiger partial charge in [0.15, 0.2) is 0 Å². The summed E-state index contributed by atoms with van der Waals surface area (Å²) >= 11 is 1.61. The predicted octanol–water partition coefficient (Wildman–Crippen LogP) is 5.50. The average molecular weight is 517 g/mol. The van der Waals surface area contributed by atoms with E-state index in [0.29, 0.717) is 26.2 Å². The van der Waals surface area contributed by atoms with E-state index in [1.165, 1.54) is 5.56 Å². The SMILES string of the molecule is CCOC(=O)N1CCc2c(sc3ncnc(NCCc4ccc(NC(=O)Nc5ccccc5)cc4)c23)C1. The van der Waals surface area contributed by atoms with Gasteiger partial charge in [-0.2, -0.15) is 0 Å². The van der Waals surface area contributed by atoms with Crippen LogP contribution >= 0.6 is 11.3 Å². The molecule has 37 heavy (non-hydrogen) atoms. The van der Waals surface area contributed by atoms with Crippen molar-refractivity contribution in [3.8, 4) is 0 Å². The van der Waals surface area contributed by atoms with E-state index in [1.54, 1.807) is 22.6 Å². The van der Waals surface area contributed by atoms with Gasteiger partial charge in [0, 0.05) is 29.3 Å². The summed E-state index contributed by atoms with van der Waals surface area (Å²) in [6.07, 6.45) is 2.86. The fourth-order valence-corrected chi connectivity index (χ4v) is 5.53. The van der Waals surface area contributed by atoms with Crippen molar-refractivity contribution in [1.29, 1.82) is 0 Å². The van der Waals surface area contributed by atoms with E-state index in [2.05, 4.69) is 25.9 Å². The first kappa shape index (κ1) is 24.5. The number of rotatable bonds is 7. The van der Waals surface area contributed by atoms with E-state index in [9.17, 15) is 9.59 Å². The molecule has 1 aliphatic heterocycles. The van der Waals surface area contributed by atoms with Crippen molar-refractivity contribution in [2.45, 2.75) is 26.3 Å². The molecule has 0 atom stereocenters. The number of benzene rings is 2. The van der Waals surface area contributed by atoms with E-state index < -0.39 is 0 Å². The molecule has 0 radical (unpaired) electrons. The molecule has 190 valence electrons. The van der Waals surface area contributed by atoms with E-state index in [-0.39, 0.29) is 12.1 Å². The molecule has 3 N–H and O–H groups in total. The summed E-state index contributed by atoms with van der Waals surface area (Å²) in [5, 5.41) is 10.2. The molecule has 2 aromatic carbocycles. The van der Waals surface area contributed by atoms with Crippen molar-refractivity contribution in [2.75, 3.05) is 35.6 Å². The number of hydrogen-bond acceptors (Lipinski definition) is 7. The number of amides is 3. The normalized spacial score (nSPS) is 12.6. The third-order valence-corrected chi connectivity index (χ3v) is 7.24. The zero-order valence-corrected chi connectivity index (χ0v) is 21.3. The second kappa shape index (κ2) is 11.3. The molecule has 0 fully saturated rings. The lowest BCUT2D eigenvalue weighted by atomic mass is 10.1. The summed E-state index contributed by atoms with van der Waals surface area (Å²) in [6, 6.07) is 16.8. The quantitative estimate of drug-likeness (QED) is 0.299. The Morgan fingerprint density at radius 3 is 2.54 bits per heavy atom. The van der Waals surface area contributed by atoms with Crippen molar-refractivity contribution in [3.63, 3.8) is 0 Å². The largest absolute Gasteiger partial charge is 0.450 e. The third kappa shape index (κ3) is 5.80. The lowest BCUT2D eigenvalue weighted by molar-refractivity contribution is 0.103. The molecular weight excluding hydrogens is 488 g/mol. The number of urea groups is 1. The second-order valence-electron chi connectivity index (χ2n) is 8.60. The van der Waals surface area contributed by atoms with E-state index in [4.69, 9.17) is 4.74 Å². The Morgan fingerprint density at radius 1 is 1.03 bits per heavy atom. The highest BCUT2D eigenvalue weighted by Gasteiger charge is 2.26. The predicted molar refractivity (Wildman–Crippen MR) is 146 cm³/mol. The molecule has 0 saturated heterocycles. The van der Waals surface area contributed by atoms with Crippen LogP contribution in [0.1, 0.15) is 22.9 Å². The number of aromatic nitrogens is 2. The van der Waals surface area contributed by atoms with Crippen molar-refractivity contribution >= 4 is 50.9 Å². The number of anilines is 3. The van der Waals surface area contributed by atoms with Gasteiger partial charge in [-0.25, -0.2) is 19.6 Å². The number of fused-ring (bicyclic) bond motifs is 3. The number of para-hydroxylation sites is 1. The Kier molecular flexibility index (Phi) is 7.46. The van der Waals surface area contributed by atoms with Gasteiger partial charge in [0.1, 0.15) is 17.0 Å². The molecule has 1 aliphatic rings. The van der Waals surface area contributed by atoms with Gasteiger partial charge in [-0.3, -0.25) is 0 Å². The first-order valence-corrected chi connectivity index (χ1v) is 13.0. The molecule has 5 rings (SSSR count). The number of nitrogens with zero attached hydrogens (tertiary/aromatic N) is 3. The van der Waals surface area contributed by atoms with Gasteiger partial charge in [-0.05, 0) is 55.2 Å². The molecule has 3 heterocycles. The van der Waals surface area contributed by atoms with Gasteiger partial charge in [-0.15, -0.1) is 11.3 Å². The van der Waals surface area contributed by atoms with Crippen molar-refractivity contribution in [2.24, 2.45) is 0 Å². The highest BCUT2D eigenvalue weighted by atomic mass is 32.1.